The molecule has 1 saturated heterocycles. The molecule has 1 aliphatic rings. The van der Waals surface area contributed by atoms with Crippen molar-refractivity contribution >= 4 is 40.3 Å². The Morgan fingerprint density at radius 1 is 0.978 bits per heavy atom. The molecule has 0 bridgehead atoms. The van der Waals surface area contributed by atoms with Crippen molar-refractivity contribution in [1.29, 1.82) is 5.41 Å². The molecule has 0 unspecified atom stereocenters. The number of esters is 1. The number of hydrogen-bond donors (Lipinski definition) is 4. The number of nitrogens with one attached hydrogen (secondary N) is 4. The number of anilines is 1. The van der Waals surface area contributed by atoms with Gasteiger partial charge >= 0.3 is 5.97 Å². The zero-order valence-corrected chi connectivity index (χ0v) is 26.8. The van der Waals surface area contributed by atoms with Gasteiger partial charge in [-0.2, -0.15) is 0 Å². The van der Waals surface area contributed by atoms with Crippen molar-refractivity contribution in [3.63, 3.8) is 0 Å². The maximum absolute atomic E-state index is 13.7. The zero-order chi connectivity index (χ0) is 32.8. The molecule has 0 radical (unpaired) electrons. The van der Waals surface area contributed by atoms with E-state index in [1.165, 1.54) is 0 Å². The number of carbonyl (C=O) groups excluding carboxylic acids is 3. The van der Waals surface area contributed by atoms with Crippen LogP contribution in [0, 0.1) is 12.3 Å². The predicted octanol–water partition coefficient (Wildman–Crippen LogP) is 4.24. The van der Waals surface area contributed by atoms with E-state index in [-0.39, 0.29) is 30.8 Å². The summed E-state index contributed by atoms with van der Waals surface area (Å²) >= 11 is 0. The number of benzene rings is 3. The van der Waals surface area contributed by atoms with Gasteiger partial charge in [0, 0.05) is 37.0 Å². The van der Waals surface area contributed by atoms with Crippen molar-refractivity contribution in [1.82, 2.24) is 25.1 Å². The van der Waals surface area contributed by atoms with E-state index in [1.807, 2.05) is 72.8 Å². The van der Waals surface area contributed by atoms with E-state index in [1.54, 1.807) is 31.2 Å². The van der Waals surface area contributed by atoms with Crippen LogP contribution in [0.15, 0.2) is 66.7 Å². The number of hydrogen-bond acceptors (Lipinski definition) is 8. The number of amidine groups is 1. The van der Waals surface area contributed by atoms with E-state index in [4.69, 9.17) is 15.1 Å². The molecular weight excluding hydrogens is 582 g/mol. The van der Waals surface area contributed by atoms with Crippen LogP contribution in [-0.2, 0) is 33.5 Å². The summed E-state index contributed by atoms with van der Waals surface area (Å²) in [5.41, 5.74) is 4.23. The summed E-state index contributed by atoms with van der Waals surface area (Å²) in [4.78, 5) is 45.2. The Hall–Kier alpha value is -5.03. The molecule has 5 rings (SSSR count). The first-order chi connectivity index (χ1) is 22.1. The summed E-state index contributed by atoms with van der Waals surface area (Å²) in [6.07, 6.45) is 1.93. The third-order valence-electron chi connectivity index (χ3n) is 8.44. The fourth-order valence-corrected chi connectivity index (χ4v) is 5.62. The highest BCUT2D eigenvalue weighted by Crippen LogP contribution is 2.29. The number of rotatable bonds is 11. The highest BCUT2D eigenvalue weighted by Gasteiger charge is 2.40. The van der Waals surface area contributed by atoms with Crippen molar-refractivity contribution in [3.8, 4) is 0 Å². The van der Waals surface area contributed by atoms with Crippen molar-refractivity contribution in [2.45, 2.75) is 45.7 Å². The number of aryl methyl sites for hydroxylation is 2. The van der Waals surface area contributed by atoms with Gasteiger partial charge in [-0.3, -0.25) is 25.1 Å². The molecule has 11 nitrogen and oxygen atoms in total. The molecule has 2 amide bonds. The number of amides is 2. The van der Waals surface area contributed by atoms with E-state index in [9.17, 15) is 14.4 Å². The van der Waals surface area contributed by atoms with Crippen LogP contribution in [0.4, 0.5) is 5.69 Å². The van der Waals surface area contributed by atoms with Crippen LogP contribution in [-0.4, -0.2) is 64.3 Å². The van der Waals surface area contributed by atoms with Gasteiger partial charge in [0.1, 0.15) is 17.2 Å². The lowest BCUT2D eigenvalue weighted by molar-refractivity contribution is -0.143. The molecule has 46 heavy (non-hydrogen) atoms. The first kappa shape index (κ1) is 32.4. The average molecular weight is 624 g/mol. The number of ether oxygens (including phenoxy) is 1. The summed E-state index contributed by atoms with van der Waals surface area (Å²) in [5, 5.41) is 17.6. The van der Waals surface area contributed by atoms with E-state index < -0.39 is 11.5 Å². The van der Waals surface area contributed by atoms with Crippen molar-refractivity contribution in [2.75, 3.05) is 31.6 Å². The largest absolute Gasteiger partial charge is 0.465 e. The molecule has 240 valence electrons. The Balaban J connectivity index is 1.28. The second-order valence-electron chi connectivity index (χ2n) is 11.7. The van der Waals surface area contributed by atoms with Gasteiger partial charge in [-0.05, 0) is 87.7 Å². The summed E-state index contributed by atoms with van der Waals surface area (Å²) in [5.74, 6) is 0.00847. The van der Waals surface area contributed by atoms with Crippen LogP contribution < -0.4 is 16.0 Å². The van der Waals surface area contributed by atoms with E-state index in [2.05, 4.69) is 16.0 Å². The first-order valence-corrected chi connectivity index (χ1v) is 15.6. The molecular formula is C35H41N7O4. The van der Waals surface area contributed by atoms with Gasteiger partial charge in [0.25, 0.3) is 5.91 Å². The van der Waals surface area contributed by atoms with Crippen molar-refractivity contribution < 1.29 is 19.1 Å². The minimum Gasteiger partial charge on any atom is -0.465 e. The van der Waals surface area contributed by atoms with Crippen LogP contribution in [0.25, 0.3) is 11.0 Å². The van der Waals surface area contributed by atoms with Crippen LogP contribution in [0.3, 0.4) is 0 Å². The van der Waals surface area contributed by atoms with Crippen molar-refractivity contribution in [3.05, 3.63) is 94.8 Å². The SMILES string of the molecule is CCOC(=O)CN[C@@](C)(C(=O)N1CCCC1)c1ccc2c(c1)nc(CNc1ccc(C(=N)NC(=O)c3ccc(C)cc3)cc1)n2C. The molecule has 4 N–H and O–H groups in total. The fraction of sp³-hybridized carbons (Fsp3) is 0.343. The highest BCUT2D eigenvalue weighted by atomic mass is 16.5. The van der Waals surface area contributed by atoms with Gasteiger partial charge in [-0.25, -0.2) is 4.98 Å². The molecule has 2 heterocycles. The summed E-state index contributed by atoms with van der Waals surface area (Å²) in [6.45, 7) is 7.54. The van der Waals surface area contributed by atoms with Crippen LogP contribution in [0.1, 0.15) is 59.6 Å². The summed E-state index contributed by atoms with van der Waals surface area (Å²) in [6, 6.07) is 20.3. The highest BCUT2D eigenvalue weighted by molar-refractivity contribution is 6.11. The van der Waals surface area contributed by atoms with Crippen molar-refractivity contribution in [2.24, 2.45) is 7.05 Å². The molecule has 11 heteroatoms. The molecule has 0 aliphatic carbocycles. The van der Waals surface area contributed by atoms with Crippen LogP contribution in [0.5, 0.6) is 0 Å². The Morgan fingerprint density at radius 2 is 1.65 bits per heavy atom. The number of imidazole rings is 1. The van der Waals surface area contributed by atoms with Gasteiger partial charge in [-0.1, -0.05) is 23.8 Å². The van der Waals surface area contributed by atoms with Gasteiger partial charge in [0.05, 0.1) is 30.7 Å². The number of aromatic nitrogens is 2. The lowest BCUT2D eigenvalue weighted by Gasteiger charge is -2.33. The maximum Gasteiger partial charge on any atom is 0.319 e. The Bertz CT molecular complexity index is 1740. The number of carbonyl (C=O) groups is 3. The fourth-order valence-electron chi connectivity index (χ4n) is 5.62. The molecule has 0 saturated carbocycles. The standard InChI is InChI=1S/C35H41N7O4/c1-5-46-31(43)22-38-35(3,34(45)42-18-6-7-19-42)26-14-17-29-28(20-26)39-30(41(29)4)21-37-27-15-12-24(13-16-27)32(36)40-33(44)25-10-8-23(2)9-11-25/h8-17,20,37-38H,5-7,18-19,21-22H2,1-4H3,(H2,36,40,44)/t35-/m1/s1. The van der Waals surface area contributed by atoms with Crippen LogP contribution >= 0.6 is 0 Å². The summed E-state index contributed by atoms with van der Waals surface area (Å²) in [7, 11) is 1.95. The second-order valence-corrected chi connectivity index (χ2v) is 11.7. The quantitative estimate of drug-likeness (QED) is 0.111. The number of likely N-dealkylation sites (tertiary alicyclic amines) is 1. The van der Waals surface area contributed by atoms with E-state index in [0.29, 0.717) is 30.8 Å². The molecule has 3 aromatic carbocycles. The normalized spacial score (nSPS) is 14.1. The molecule has 1 aliphatic heterocycles. The second kappa shape index (κ2) is 13.9. The van der Waals surface area contributed by atoms with Gasteiger partial charge in [0.15, 0.2) is 0 Å². The van der Waals surface area contributed by atoms with Gasteiger partial charge < -0.3 is 24.8 Å². The minimum absolute atomic E-state index is 0.0234. The maximum atomic E-state index is 13.7. The van der Waals surface area contributed by atoms with E-state index in [0.717, 1.165) is 46.5 Å². The van der Waals surface area contributed by atoms with E-state index >= 15 is 0 Å². The topological polar surface area (TPSA) is 141 Å². The predicted molar refractivity (Wildman–Crippen MR) is 178 cm³/mol. The number of nitrogens with zero attached hydrogens (tertiary/aromatic N) is 3. The third kappa shape index (κ3) is 7.10. The van der Waals surface area contributed by atoms with Gasteiger partial charge in [-0.15, -0.1) is 0 Å². The van der Waals surface area contributed by atoms with Crippen LogP contribution in [0.2, 0.25) is 0 Å². The molecule has 1 atom stereocenters. The molecule has 0 spiro atoms. The molecule has 4 aromatic rings. The molecule has 1 fully saturated rings. The Kier molecular flexibility index (Phi) is 9.81. The lowest BCUT2D eigenvalue weighted by Crippen LogP contribution is -2.54. The van der Waals surface area contributed by atoms with Gasteiger partial charge in [0.2, 0.25) is 5.91 Å². The lowest BCUT2D eigenvalue weighted by atomic mass is 9.89. The molecule has 1 aromatic heterocycles. The Morgan fingerprint density at radius 3 is 2.33 bits per heavy atom. The zero-order valence-electron chi connectivity index (χ0n) is 26.8. The minimum atomic E-state index is -1.13. The third-order valence-corrected chi connectivity index (χ3v) is 8.44. The summed E-state index contributed by atoms with van der Waals surface area (Å²) < 4.78 is 7.11. The average Bonchev–Trinajstić information content (AvgIpc) is 3.71. The number of fused-ring (bicyclic) bond motifs is 1. The monoisotopic (exact) mass is 623 g/mol. The smallest absolute Gasteiger partial charge is 0.319 e. The first-order valence-electron chi connectivity index (χ1n) is 15.6. The Labute approximate surface area is 268 Å².